The molecule has 0 aromatic heterocycles. The highest BCUT2D eigenvalue weighted by Gasteiger charge is 2.35. The van der Waals surface area contributed by atoms with Crippen LogP contribution in [0.4, 0.5) is 0 Å². The minimum atomic E-state index is 0.136. The summed E-state index contributed by atoms with van der Waals surface area (Å²) in [4.78, 5) is 2.58. The summed E-state index contributed by atoms with van der Waals surface area (Å²) in [7, 11) is 0. The van der Waals surface area contributed by atoms with Crippen molar-refractivity contribution in [1.82, 2.24) is 4.90 Å². The van der Waals surface area contributed by atoms with Gasteiger partial charge in [-0.3, -0.25) is 4.90 Å². The molecule has 3 atom stereocenters. The second-order valence-corrected chi connectivity index (χ2v) is 5.71. The first-order chi connectivity index (χ1) is 8.34. The predicted molar refractivity (Wildman–Crippen MR) is 68.9 cm³/mol. The Labute approximate surface area is 104 Å². The van der Waals surface area contributed by atoms with Crippen molar-refractivity contribution >= 4 is 0 Å². The molecule has 0 saturated carbocycles. The molecular weight excluding hydrogens is 212 g/mol. The zero-order valence-corrected chi connectivity index (χ0v) is 10.6. The van der Waals surface area contributed by atoms with E-state index in [-0.39, 0.29) is 12.1 Å². The van der Waals surface area contributed by atoms with E-state index in [1.165, 1.54) is 50.6 Å². The third-order valence-corrected chi connectivity index (χ3v) is 4.57. The quantitative estimate of drug-likeness (QED) is 0.741. The van der Waals surface area contributed by atoms with Crippen LogP contribution in [0, 0.1) is 0 Å². The lowest BCUT2D eigenvalue weighted by atomic mass is 9.91. The molecule has 2 fully saturated rings. The van der Waals surface area contributed by atoms with Gasteiger partial charge in [0.2, 0.25) is 0 Å². The number of ether oxygens (including phenoxy) is 1. The first kappa shape index (κ1) is 11.7. The maximum absolute atomic E-state index is 6.39. The fourth-order valence-corrected chi connectivity index (χ4v) is 3.46. The van der Waals surface area contributed by atoms with Crippen LogP contribution in [-0.4, -0.2) is 42.8 Å². The summed E-state index contributed by atoms with van der Waals surface area (Å²) in [6.45, 7) is 3.19. The van der Waals surface area contributed by atoms with Crippen molar-refractivity contribution in [3.05, 3.63) is 11.6 Å². The summed E-state index contributed by atoms with van der Waals surface area (Å²) in [6.07, 6.45) is 10.3. The van der Waals surface area contributed by atoms with Crippen LogP contribution in [0.3, 0.4) is 0 Å². The summed E-state index contributed by atoms with van der Waals surface area (Å²) < 4.78 is 6.00. The van der Waals surface area contributed by atoms with E-state index in [0.29, 0.717) is 6.04 Å². The molecular formula is C14H24N2O. The summed E-state index contributed by atoms with van der Waals surface area (Å²) in [6, 6.07) is 0.815. The number of rotatable bonds is 2. The van der Waals surface area contributed by atoms with Gasteiger partial charge in [-0.15, -0.1) is 0 Å². The lowest BCUT2D eigenvalue weighted by molar-refractivity contribution is -0.0548. The van der Waals surface area contributed by atoms with Gasteiger partial charge in [0.05, 0.1) is 18.8 Å². The fourth-order valence-electron chi connectivity index (χ4n) is 3.46. The van der Waals surface area contributed by atoms with Gasteiger partial charge in [0.15, 0.2) is 0 Å². The zero-order valence-electron chi connectivity index (χ0n) is 10.6. The second kappa shape index (κ2) is 5.09. The van der Waals surface area contributed by atoms with Gasteiger partial charge in [-0.2, -0.15) is 0 Å². The molecule has 2 heterocycles. The van der Waals surface area contributed by atoms with Gasteiger partial charge in [-0.05, 0) is 45.1 Å². The van der Waals surface area contributed by atoms with E-state index in [2.05, 4.69) is 11.0 Å². The molecule has 2 saturated heterocycles. The fraction of sp³-hybridized carbons (Fsp3) is 0.857. The van der Waals surface area contributed by atoms with Crippen molar-refractivity contribution in [2.24, 2.45) is 5.73 Å². The predicted octanol–water partition coefficient (Wildman–Crippen LogP) is 1.68. The molecule has 0 radical (unpaired) electrons. The zero-order chi connectivity index (χ0) is 11.7. The standard InChI is InChI=1S/C14H24N2O/c15-14(11-5-2-1-3-6-11)13-9-16-8-4-7-12(16)10-17-13/h5,12-14H,1-4,6-10,15H2. The van der Waals surface area contributed by atoms with Crippen LogP contribution in [0.5, 0.6) is 0 Å². The van der Waals surface area contributed by atoms with E-state index in [1.807, 2.05) is 0 Å². The summed E-state index contributed by atoms with van der Waals surface area (Å²) >= 11 is 0. The highest BCUT2D eigenvalue weighted by molar-refractivity contribution is 5.15. The van der Waals surface area contributed by atoms with E-state index in [4.69, 9.17) is 10.5 Å². The van der Waals surface area contributed by atoms with Gasteiger partial charge in [-0.1, -0.05) is 11.6 Å². The number of nitrogens with two attached hydrogens (primary N) is 1. The van der Waals surface area contributed by atoms with Crippen LogP contribution >= 0.6 is 0 Å². The van der Waals surface area contributed by atoms with Gasteiger partial charge in [0.25, 0.3) is 0 Å². The number of fused-ring (bicyclic) bond motifs is 1. The molecule has 0 spiro atoms. The van der Waals surface area contributed by atoms with E-state index < -0.39 is 0 Å². The number of nitrogens with zero attached hydrogens (tertiary/aromatic N) is 1. The largest absolute Gasteiger partial charge is 0.373 e. The maximum atomic E-state index is 6.39. The topological polar surface area (TPSA) is 38.5 Å². The third kappa shape index (κ3) is 2.42. The van der Waals surface area contributed by atoms with E-state index in [9.17, 15) is 0 Å². The molecule has 96 valence electrons. The van der Waals surface area contributed by atoms with Crippen molar-refractivity contribution in [3.8, 4) is 0 Å². The Morgan fingerprint density at radius 1 is 1.35 bits per heavy atom. The Hall–Kier alpha value is -0.380. The third-order valence-electron chi connectivity index (χ3n) is 4.57. The number of morpholine rings is 1. The molecule has 0 aromatic carbocycles. The molecule has 2 N–H and O–H groups in total. The number of allylic oxidation sites excluding steroid dienone is 1. The van der Waals surface area contributed by atoms with Crippen molar-refractivity contribution in [3.63, 3.8) is 0 Å². The molecule has 3 aliphatic rings. The van der Waals surface area contributed by atoms with Crippen LogP contribution < -0.4 is 5.73 Å². The smallest absolute Gasteiger partial charge is 0.0891 e. The second-order valence-electron chi connectivity index (χ2n) is 5.71. The molecule has 1 aliphatic carbocycles. The minimum absolute atomic E-state index is 0.136. The van der Waals surface area contributed by atoms with Gasteiger partial charge >= 0.3 is 0 Å². The number of hydrogen-bond donors (Lipinski definition) is 1. The van der Waals surface area contributed by atoms with Crippen LogP contribution in [0.2, 0.25) is 0 Å². The van der Waals surface area contributed by atoms with Gasteiger partial charge in [0, 0.05) is 12.6 Å². The first-order valence-corrected chi connectivity index (χ1v) is 7.15. The Morgan fingerprint density at radius 2 is 2.29 bits per heavy atom. The average molecular weight is 236 g/mol. The normalized spacial score (nSPS) is 36.4. The highest BCUT2D eigenvalue weighted by Crippen LogP contribution is 2.27. The summed E-state index contributed by atoms with van der Waals surface area (Å²) in [5.74, 6) is 0. The highest BCUT2D eigenvalue weighted by atomic mass is 16.5. The lowest BCUT2D eigenvalue weighted by Crippen LogP contribution is -2.53. The van der Waals surface area contributed by atoms with Crippen LogP contribution in [-0.2, 0) is 4.74 Å². The van der Waals surface area contributed by atoms with Crippen LogP contribution in [0.25, 0.3) is 0 Å². The molecule has 3 rings (SSSR count). The van der Waals surface area contributed by atoms with Crippen molar-refractivity contribution in [1.29, 1.82) is 0 Å². The molecule has 0 aromatic rings. The van der Waals surface area contributed by atoms with E-state index in [0.717, 1.165) is 13.2 Å². The Kier molecular flexibility index (Phi) is 3.50. The molecule has 3 unspecified atom stereocenters. The molecule has 3 nitrogen and oxygen atoms in total. The Morgan fingerprint density at radius 3 is 3.12 bits per heavy atom. The first-order valence-electron chi connectivity index (χ1n) is 7.15. The van der Waals surface area contributed by atoms with E-state index >= 15 is 0 Å². The van der Waals surface area contributed by atoms with Crippen LogP contribution in [0.15, 0.2) is 11.6 Å². The van der Waals surface area contributed by atoms with Crippen LogP contribution in [0.1, 0.15) is 38.5 Å². The Balaban J connectivity index is 1.62. The maximum Gasteiger partial charge on any atom is 0.0891 e. The van der Waals surface area contributed by atoms with Crippen molar-refractivity contribution in [2.45, 2.75) is 56.7 Å². The SMILES string of the molecule is NC(C1=CCCCC1)C1CN2CCCC2CO1. The minimum Gasteiger partial charge on any atom is -0.373 e. The average Bonchev–Trinajstić information content (AvgIpc) is 2.86. The molecule has 0 bridgehead atoms. The van der Waals surface area contributed by atoms with E-state index in [1.54, 1.807) is 0 Å². The van der Waals surface area contributed by atoms with Crippen molar-refractivity contribution < 1.29 is 4.74 Å². The van der Waals surface area contributed by atoms with Gasteiger partial charge in [-0.25, -0.2) is 0 Å². The van der Waals surface area contributed by atoms with Gasteiger partial charge < -0.3 is 10.5 Å². The molecule has 0 amide bonds. The monoisotopic (exact) mass is 236 g/mol. The van der Waals surface area contributed by atoms with Crippen molar-refractivity contribution in [2.75, 3.05) is 19.7 Å². The lowest BCUT2D eigenvalue weighted by Gasteiger charge is -2.38. The molecule has 3 heteroatoms. The van der Waals surface area contributed by atoms with Gasteiger partial charge in [0.1, 0.15) is 0 Å². The number of hydrogen-bond acceptors (Lipinski definition) is 3. The summed E-state index contributed by atoms with van der Waals surface area (Å²) in [5.41, 5.74) is 7.83. The summed E-state index contributed by atoms with van der Waals surface area (Å²) in [5, 5.41) is 0. The molecule has 2 aliphatic heterocycles. The molecule has 17 heavy (non-hydrogen) atoms. The Bertz CT molecular complexity index is 303.